The van der Waals surface area contributed by atoms with Crippen LogP contribution >= 0.6 is 0 Å². The first-order valence-electron chi connectivity index (χ1n) is 14.5. The van der Waals surface area contributed by atoms with Crippen molar-refractivity contribution in [3.05, 3.63) is 87.6 Å². The van der Waals surface area contributed by atoms with Gasteiger partial charge in [-0.3, -0.25) is 19.1 Å². The van der Waals surface area contributed by atoms with E-state index < -0.39 is 0 Å². The number of carbonyl (C=O) groups is 1. The fourth-order valence-electron chi connectivity index (χ4n) is 5.64. The molecule has 5 rings (SSSR count). The summed E-state index contributed by atoms with van der Waals surface area (Å²) in [5, 5.41) is 0.923. The molecule has 42 heavy (non-hydrogen) atoms. The maximum atomic E-state index is 13.5. The number of piperidine rings is 1. The summed E-state index contributed by atoms with van der Waals surface area (Å²) in [6.07, 6.45) is 5.61. The summed E-state index contributed by atoms with van der Waals surface area (Å²) in [6, 6.07) is 13.9. The number of nitrogens with two attached hydrogens (primary N) is 1. The molecule has 222 valence electrons. The highest BCUT2D eigenvalue weighted by molar-refractivity contribution is 5.93. The van der Waals surface area contributed by atoms with Crippen LogP contribution in [0.1, 0.15) is 66.7 Å². The maximum absolute atomic E-state index is 13.5. The quantitative estimate of drug-likeness (QED) is 0.346. The maximum Gasteiger partial charge on any atom is 0.262 e. The second-order valence-electron chi connectivity index (χ2n) is 12.5. The standard InChI is InChI=1S/C33H42N6O3/c1-33(2,3)42-21-27-28(34)14-18-39(32(27)41)29-11-15-35-30-26(29)19-25(37(30)6)20-38-16-12-23(13-17-38)22-7-9-24(10-8-22)31(40)36(4)5/h7-11,14-15,18-19,23H,12-13,16-17,20-21,34H2,1-6H3. The van der Waals surface area contributed by atoms with Crippen molar-refractivity contribution in [3.8, 4) is 5.69 Å². The number of likely N-dealkylation sites (tertiary alicyclic amines) is 1. The summed E-state index contributed by atoms with van der Waals surface area (Å²) in [6.45, 7) is 8.79. The fraction of sp³-hybridized carbons (Fsp3) is 0.424. The Morgan fingerprint density at radius 3 is 2.43 bits per heavy atom. The van der Waals surface area contributed by atoms with E-state index in [1.807, 2.05) is 46.0 Å². The zero-order chi connectivity index (χ0) is 30.2. The molecule has 4 heterocycles. The van der Waals surface area contributed by atoms with Gasteiger partial charge in [-0.15, -0.1) is 0 Å². The smallest absolute Gasteiger partial charge is 0.262 e. The lowest BCUT2D eigenvalue weighted by molar-refractivity contribution is -0.0152. The van der Waals surface area contributed by atoms with Crippen LogP contribution in [-0.2, 0) is 24.9 Å². The van der Waals surface area contributed by atoms with Gasteiger partial charge in [-0.05, 0) is 88.5 Å². The molecule has 2 N–H and O–H groups in total. The van der Waals surface area contributed by atoms with E-state index in [1.165, 1.54) is 5.56 Å². The van der Waals surface area contributed by atoms with Gasteiger partial charge >= 0.3 is 0 Å². The third-order valence-electron chi connectivity index (χ3n) is 8.15. The van der Waals surface area contributed by atoms with Crippen LogP contribution in [-0.4, -0.2) is 62.6 Å². The van der Waals surface area contributed by atoms with E-state index in [-0.39, 0.29) is 23.7 Å². The van der Waals surface area contributed by atoms with Crippen LogP contribution in [0.4, 0.5) is 5.69 Å². The molecule has 1 aliphatic rings. The zero-order valence-electron chi connectivity index (χ0n) is 25.6. The highest BCUT2D eigenvalue weighted by Crippen LogP contribution is 2.30. The van der Waals surface area contributed by atoms with Gasteiger partial charge < -0.3 is 19.9 Å². The number of pyridine rings is 2. The first-order valence-corrected chi connectivity index (χ1v) is 14.5. The molecule has 0 saturated carbocycles. The number of nitrogen functional groups attached to an aromatic ring is 1. The van der Waals surface area contributed by atoms with Crippen LogP contribution in [0.3, 0.4) is 0 Å². The monoisotopic (exact) mass is 570 g/mol. The molecule has 4 aromatic rings. The Balaban J connectivity index is 1.33. The summed E-state index contributed by atoms with van der Waals surface area (Å²) < 4.78 is 9.66. The van der Waals surface area contributed by atoms with Crippen LogP contribution in [0.25, 0.3) is 16.7 Å². The van der Waals surface area contributed by atoms with Crippen LogP contribution in [0.15, 0.2) is 59.7 Å². The summed E-state index contributed by atoms with van der Waals surface area (Å²) in [7, 11) is 5.58. The molecule has 1 saturated heterocycles. The highest BCUT2D eigenvalue weighted by atomic mass is 16.5. The van der Waals surface area contributed by atoms with Gasteiger partial charge in [0.05, 0.1) is 23.5 Å². The Kier molecular flexibility index (Phi) is 8.25. The summed E-state index contributed by atoms with van der Waals surface area (Å²) >= 11 is 0. The van der Waals surface area contributed by atoms with Crippen molar-refractivity contribution in [1.82, 2.24) is 23.9 Å². The van der Waals surface area contributed by atoms with Crippen LogP contribution in [0.5, 0.6) is 0 Å². The van der Waals surface area contributed by atoms with Gasteiger partial charge in [0.1, 0.15) is 5.65 Å². The second kappa shape index (κ2) is 11.7. The van der Waals surface area contributed by atoms with Gasteiger partial charge in [0.2, 0.25) is 0 Å². The molecule has 1 aromatic carbocycles. The SMILES string of the molecule is CN(C)C(=O)c1ccc(C2CCN(Cc3cc4c(-n5ccc(N)c(COC(C)(C)C)c5=O)ccnc4n3C)CC2)cc1. The van der Waals surface area contributed by atoms with Gasteiger partial charge in [-0.25, -0.2) is 4.98 Å². The first kappa shape index (κ1) is 29.5. The molecule has 9 heteroatoms. The van der Waals surface area contributed by atoms with E-state index in [4.69, 9.17) is 10.5 Å². The molecular weight excluding hydrogens is 528 g/mol. The molecule has 0 unspecified atom stereocenters. The Hall–Kier alpha value is -3.95. The number of aromatic nitrogens is 3. The van der Waals surface area contributed by atoms with Gasteiger partial charge in [0.15, 0.2) is 0 Å². The second-order valence-corrected chi connectivity index (χ2v) is 12.5. The Morgan fingerprint density at radius 2 is 1.79 bits per heavy atom. The van der Waals surface area contributed by atoms with E-state index >= 15 is 0 Å². The lowest BCUT2D eigenvalue weighted by Crippen LogP contribution is -2.33. The van der Waals surface area contributed by atoms with Crippen LogP contribution in [0, 0.1) is 0 Å². The predicted octanol–water partition coefficient (Wildman–Crippen LogP) is 4.70. The minimum atomic E-state index is -0.386. The summed E-state index contributed by atoms with van der Waals surface area (Å²) in [4.78, 5) is 34.5. The molecule has 3 aromatic heterocycles. The van der Waals surface area contributed by atoms with E-state index in [2.05, 4.69) is 32.7 Å². The van der Waals surface area contributed by atoms with Gasteiger partial charge in [0.25, 0.3) is 11.5 Å². The number of fused-ring (bicyclic) bond motifs is 1. The Morgan fingerprint density at radius 1 is 1.10 bits per heavy atom. The minimum Gasteiger partial charge on any atom is -0.398 e. The molecule has 0 aliphatic carbocycles. The van der Waals surface area contributed by atoms with E-state index in [0.29, 0.717) is 17.2 Å². The third-order valence-corrected chi connectivity index (χ3v) is 8.15. The Labute approximate surface area is 247 Å². The number of anilines is 1. The number of nitrogens with zero attached hydrogens (tertiary/aromatic N) is 5. The minimum absolute atomic E-state index is 0.0280. The van der Waals surface area contributed by atoms with Crippen LogP contribution in [0.2, 0.25) is 0 Å². The van der Waals surface area contributed by atoms with Crippen molar-refractivity contribution < 1.29 is 9.53 Å². The molecular formula is C33H42N6O3. The van der Waals surface area contributed by atoms with Crippen LogP contribution < -0.4 is 11.3 Å². The molecule has 1 amide bonds. The normalized spacial score (nSPS) is 14.9. The lowest BCUT2D eigenvalue weighted by atomic mass is 9.89. The third kappa shape index (κ3) is 6.12. The number of carbonyl (C=O) groups excluding carboxylic acids is 1. The van der Waals surface area contributed by atoms with Crippen molar-refractivity contribution in [2.75, 3.05) is 32.9 Å². The van der Waals surface area contributed by atoms with Crippen molar-refractivity contribution in [1.29, 1.82) is 0 Å². The highest BCUT2D eigenvalue weighted by Gasteiger charge is 2.23. The number of rotatable bonds is 7. The van der Waals surface area contributed by atoms with Crippen molar-refractivity contribution >= 4 is 22.6 Å². The number of aryl methyl sites for hydroxylation is 1. The number of benzene rings is 1. The Bertz CT molecular complexity index is 1640. The first-order chi connectivity index (χ1) is 19.9. The predicted molar refractivity (Wildman–Crippen MR) is 167 cm³/mol. The molecule has 0 bridgehead atoms. The van der Waals surface area contributed by atoms with E-state index in [0.717, 1.165) is 60.5 Å². The van der Waals surface area contributed by atoms with Crippen molar-refractivity contribution in [3.63, 3.8) is 0 Å². The molecule has 0 atom stereocenters. The average Bonchev–Trinajstić information content (AvgIpc) is 3.27. The van der Waals surface area contributed by atoms with Crippen molar-refractivity contribution in [2.45, 2.75) is 58.3 Å². The number of hydrogen-bond acceptors (Lipinski definition) is 6. The van der Waals surface area contributed by atoms with Gasteiger partial charge in [0, 0.05) is 62.4 Å². The largest absolute Gasteiger partial charge is 0.398 e. The number of amides is 1. The number of ether oxygens (including phenoxy) is 1. The van der Waals surface area contributed by atoms with Gasteiger partial charge in [-0.2, -0.15) is 0 Å². The molecule has 1 fully saturated rings. The number of hydrogen-bond donors (Lipinski definition) is 1. The lowest BCUT2D eigenvalue weighted by Gasteiger charge is -2.32. The van der Waals surface area contributed by atoms with E-state index in [1.54, 1.807) is 42.0 Å². The fourth-order valence-corrected chi connectivity index (χ4v) is 5.64. The molecule has 9 nitrogen and oxygen atoms in total. The molecule has 0 spiro atoms. The topological polar surface area (TPSA) is 98.6 Å². The van der Waals surface area contributed by atoms with Crippen molar-refractivity contribution in [2.24, 2.45) is 7.05 Å². The average molecular weight is 571 g/mol. The van der Waals surface area contributed by atoms with E-state index in [9.17, 15) is 9.59 Å². The summed E-state index contributed by atoms with van der Waals surface area (Å²) in [5.41, 5.74) is 11.3. The zero-order valence-corrected chi connectivity index (χ0v) is 25.6. The molecule has 0 radical (unpaired) electrons. The van der Waals surface area contributed by atoms with Gasteiger partial charge in [-0.1, -0.05) is 12.1 Å². The summed E-state index contributed by atoms with van der Waals surface area (Å²) in [5.74, 6) is 0.514. The molecule has 1 aliphatic heterocycles.